The fourth-order valence-electron chi connectivity index (χ4n) is 4.08. The average Bonchev–Trinajstić information content (AvgIpc) is 3.24. The molecule has 0 aliphatic carbocycles. The largest absolute Gasteiger partial charge is 0.447 e. The molecule has 3 atom stereocenters. The molecule has 1 aromatic heterocycles. The molecule has 1 unspecified atom stereocenters. The first kappa shape index (κ1) is 21.3. The SMILES string of the molecule is O=C(Oc1ccccc1)N1C(=O)[C@H](C=Cc2cncnc2)[C@@H]1N1C(=O)OCC1c1ccccc1. The van der Waals surface area contributed by atoms with Gasteiger partial charge in [-0.25, -0.2) is 24.5 Å². The van der Waals surface area contributed by atoms with E-state index in [0.29, 0.717) is 11.3 Å². The zero-order valence-corrected chi connectivity index (χ0v) is 17.9. The quantitative estimate of drug-likeness (QED) is 0.540. The molecule has 9 heteroatoms. The Morgan fingerprint density at radius 2 is 1.68 bits per heavy atom. The van der Waals surface area contributed by atoms with Crippen LogP contribution >= 0.6 is 0 Å². The van der Waals surface area contributed by atoms with Gasteiger partial charge in [-0.3, -0.25) is 9.69 Å². The molecule has 2 aliphatic heterocycles. The number of cyclic esters (lactones) is 1. The molecule has 3 aromatic rings. The van der Waals surface area contributed by atoms with Crippen LogP contribution in [0.15, 0.2) is 85.5 Å². The molecule has 0 N–H and O–H groups in total. The second kappa shape index (κ2) is 9.14. The van der Waals surface area contributed by atoms with Crippen molar-refractivity contribution in [1.29, 1.82) is 0 Å². The third-order valence-corrected chi connectivity index (χ3v) is 5.71. The Labute approximate surface area is 195 Å². The fourth-order valence-corrected chi connectivity index (χ4v) is 4.08. The molecule has 3 heterocycles. The van der Waals surface area contributed by atoms with Gasteiger partial charge in [-0.15, -0.1) is 0 Å². The van der Waals surface area contributed by atoms with Crippen molar-refractivity contribution in [3.63, 3.8) is 0 Å². The van der Waals surface area contributed by atoms with Gasteiger partial charge in [-0.05, 0) is 17.7 Å². The minimum absolute atomic E-state index is 0.109. The Morgan fingerprint density at radius 3 is 2.38 bits per heavy atom. The highest BCUT2D eigenvalue weighted by Crippen LogP contribution is 2.40. The maximum absolute atomic E-state index is 13.1. The van der Waals surface area contributed by atoms with Crippen LogP contribution in [0.2, 0.25) is 0 Å². The maximum atomic E-state index is 13.1. The van der Waals surface area contributed by atoms with Crippen LogP contribution in [-0.4, -0.2) is 50.6 Å². The first-order valence-corrected chi connectivity index (χ1v) is 10.7. The van der Waals surface area contributed by atoms with Crippen LogP contribution < -0.4 is 4.74 Å². The van der Waals surface area contributed by atoms with Crippen molar-refractivity contribution >= 4 is 24.2 Å². The number of β-lactam (4-membered cyclic amide) rings is 1. The predicted octanol–water partition coefficient (Wildman–Crippen LogP) is 3.67. The number of imide groups is 1. The van der Waals surface area contributed by atoms with E-state index in [1.54, 1.807) is 54.9 Å². The van der Waals surface area contributed by atoms with E-state index in [9.17, 15) is 14.4 Å². The summed E-state index contributed by atoms with van der Waals surface area (Å²) in [6, 6.07) is 17.3. The van der Waals surface area contributed by atoms with E-state index < -0.39 is 36.2 Å². The summed E-state index contributed by atoms with van der Waals surface area (Å²) >= 11 is 0. The minimum atomic E-state index is -0.912. The molecule has 9 nitrogen and oxygen atoms in total. The minimum Gasteiger partial charge on any atom is -0.447 e. The number of aromatic nitrogens is 2. The van der Waals surface area contributed by atoms with E-state index in [1.807, 2.05) is 30.3 Å². The number of hydrogen-bond acceptors (Lipinski definition) is 7. The van der Waals surface area contributed by atoms with E-state index in [1.165, 1.54) is 11.2 Å². The summed E-state index contributed by atoms with van der Waals surface area (Å²) in [5.74, 6) is -0.964. The molecule has 0 radical (unpaired) electrons. The van der Waals surface area contributed by atoms with E-state index in [2.05, 4.69) is 9.97 Å². The number of carbonyl (C=O) groups excluding carboxylic acids is 3. The number of carbonyl (C=O) groups is 3. The number of benzene rings is 2. The molecule has 5 rings (SSSR count). The molecular weight excluding hydrogens is 436 g/mol. The van der Waals surface area contributed by atoms with Gasteiger partial charge in [0.05, 0.1) is 12.0 Å². The summed E-state index contributed by atoms with van der Waals surface area (Å²) in [5.41, 5.74) is 1.52. The number of para-hydroxylation sites is 1. The van der Waals surface area contributed by atoms with Crippen LogP contribution in [0.5, 0.6) is 5.75 Å². The molecule has 34 heavy (non-hydrogen) atoms. The Bertz CT molecular complexity index is 1220. The van der Waals surface area contributed by atoms with Gasteiger partial charge in [0.2, 0.25) is 5.91 Å². The number of rotatable bonds is 5. The molecule has 170 valence electrons. The summed E-state index contributed by atoms with van der Waals surface area (Å²) in [6.07, 6.45) is 5.55. The fraction of sp³-hybridized carbons (Fsp3) is 0.160. The third-order valence-electron chi connectivity index (χ3n) is 5.71. The number of amides is 3. The molecule has 0 saturated carbocycles. The summed E-state index contributed by atoms with van der Waals surface area (Å²) in [5, 5.41) is 0. The maximum Gasteiger partial charge on any atom is 0.423 e. The van der Waals surface area contributed by atoms with Gasteiger partial charge in [0.1, 0.15) is 24.8 Å². The number of nitrogens with zero attached hydrogens (tertiary/aromatic N) is 4. The highest BCUT2D eigenvalue weighted by molar-refractivity contribution is 6.02. The van der Waals surface area contributed by atoms with Crippen molar-refractivity contribution in [3.05, 3.63) is 96.6 Å². The summed E-state index contributed by atoms with van der Waals surface area (Å²) in [6.45, 7) is 0.109. The summed E-state index contributed by atoms with van der Waals surface area (Å²) < 4.78 is 10.7. The average molecular weight is 456 g/mol. The number of hydrogen-bond donors (Lipinski definition) is 0. The van der Waals surface area contributed by atoms with Gasteiger partial charge in [-0.1, -0.05) is 60.7 Å². The molecular formula is C25H20N4O5. The number of ether oxygens (including phenoxy) is 2. The number of likely N-dealkylation sites (tertiary alicyclic amines) is 1. The first-order chi connectivity index (χ1) is 16.6. The topological polar surface area (TPSA) is 102 Å². The predicted molar refractivity (Wildman–Crippen MR) is 120 cm³/mol. The van der Waals surface area contributed by atoms with Gasteiger partial charge in [0.25, 0.3) is 0 Å². The lowest BCUT2D eigenvalue weighted by Gasteiger charge is -2.48. The lowest BCUT2D eigenvalue weighted by molar-refractivity contribution is -0.157. The van der Waals surface area contributed by atoms with Gasteiger partial charge < -0.3 is 9.47 Å². The second-order valence-corrected chi connectivity index (χ2v) is 7.77. The van der Waals surface area contributed by atoms with Crippen LogP contribution in [0, 0.1) is 5.92 Å². The highest BCUT2D eigenvalue weighted by Gasteiger charge is 2.58. The molecule has 2 aromatic carbocycles. The smallest absolute Gasteiger partial charge is 0.423 e. The van der Waals surface area contributed by atoms with E-state index >= 15 is 0 Å². The zero-order valence-electron chi connectivity index (χ0n) is 17.9. The molecule has 0 bridgehead atoms. The van der Waals surface area contributed by atoms with Gasteiger partial charge in [0, 0.05) is 18.0 Å². The van der Waals surface area contributed by atoms with E-state index in [0.717, 1.165) is 10.5 Å². The second-order valence-electron chi connectivity index (χ2n) is 7.77. The van der Waals surface area contributed by atoms with Crippen LogP contribution in [-0.2, 0) is 9.53 Å². The molecule has 2 saturated heterocycles. The van der Waals surface area contributed by atoms with Crippen molar-refractivity contribution in [2.24, 2.45) is 5.92 Å². The van der Waals surface area contributed by atoms with Crippen molar-refractivity contribution in [2.45, 2.75) is 12.2 Å². The molecule has 2 aliphatic rings. The van der Waals surface area contributed by atoms with Crippen LogP contribution in [0.3, 0.4) is 0 Å². The standard InChI is InChI=1S/C25H20N4O5/c30-23-20(12-11-17-13-26-16-27-14-17)22(29(23)25(32)34-19-9-5-2-6-10-19)28-21(15-33-24(28)31)18-7-3-1-4-8-18/h1-14,16,20-22H,15H2/t20-,21?,22-/m1/s1. The van der Waals surface area contributed by atoms with Crippen LogP contribution in [0.25, 0.3) is 6.08 Å². The lowest BCUT2D eigenvalue weighted by atomic mass is 9.90. The molecule has 2 fully saturated rings. The summed E-state index contributed by atoms with van der Waals surface area (Å²) in [4.78, 5) is 49.2. The first-order valence-electron chi connectivity index (χ1n) is 10.7. The van der Waals surface area contributed by atoms with Gasteiger partial charge >= 0.3 is 12.2 Å². The van der Waals surface area contributed by atoms with E-state index in [4.69, 9.17) is 9.47 Å². The third kappa shape index (κ3) is 3.99. The normalized spacial score (nSPS) is 21.9. The van der Waals surface area contributed by atoms with Crippen molar-refractivity contribution in [3.8, 4) is 5.75 Å². The Morgan fingerprint density at radius 1 is 1.00 bits per heavy atom. The van der Waals surface area contributed by atoms with Crippen molar-refractivity contribution in [2.75, 3.05) is 6.61 Å². The van der Waals surface area contributed by atoms with Crippen molar-refractivity contribution < 1.29 is 23.9 Å². The highest BCUT2D eigenvalue weighted by atomic mass is 16.6. The van der Waals surface area contributed by atoms with E-state index in [-0.39, 0.29) is 6.61 Å². The zero-order chi connectivity index (χ0) is 23.5. The molecule has 0 spiro atoms. The van der Waals surface area contributed by atoms with Crippen LogP contribution in [0.4, 0.5) is 9.59 Å². The summed E-state index contributed by atoms with van der Waals surface area (Å²) in [7, 11) is 0. The van der Waals surface area contributed by atoms with Gasteiger partial charge in [-0.2, -0.15) is 0 Å². The monoisotopic (exact) mass is 456 g/mol. The lowest BCUT2D eigenvalue weighted by Crippen LogP contribution is -2.69. The Kier molecular flexibility index (Phi) is 5.73. The van der Waals surface area contributed by atoms with Gasteiger partial charge in [0.15, 0.2) is 0 Å². The Hall–Kier alpha value is -4.53. The van der Waals surface area contributed by atoms with Crippen LogP contribution in [0.1, 0.15) is 17.2 Å². The van der Waals surface area contributed by atoms with Crippen molar-refractivity contribution in [1.82, 2.24) is 19.8 Å². The Balaban J connectivity index is 1.47. The molecule has 3 amide bonds.